The predicted molar refractivity (Wildman–Crippen MR) is 553 cm³/mol. The Balaban J connectivity index is 0.000000115. The molecule has 0 spiro atoms. The molecule has 7 atom stereocenters. The van der Waals surface area contributed by atoms with Gasteiger partial charge in [-0.2, -0.15) is 0 Å². The molecular weight excluding hydrogens is 1780 g/mol. The fourth-order valence-corrected chi connectivity index (χ4v) is 25.5. The van der Waals surface area contributed by atoms with E-state index in [2.05, 4.69) is 251 Å². The van der Waals surface area contributed by atoms with E-state index in [0.717, 1.165) is 89.4 Å². The Bertz CT molecular complexity index is 6610. The summed E-state index contributed by atoms with van der Waals surface area (Å²) in [4.78, 5) is 0. The van der Waals surface area contributed by atoms with E-state index in [0.29, 0.717) is 34.7 Å². The molecule has 5 aliphatic rings. The van der Waals surface area contributed by atoms with Crippen molar-refractivity contribution in [3.8, 4) is 11.5 Å². The number of benzene rings is 15. The molecule has 19 nitrogen and oxygen atoms in total. The highest BCUT2D eigenvalue weighted by Crippen LogP contribution is 2.66. The summed E-state index contributed by atoms with van der Waals surface area (Å²) in [6.07, 6.45) is 1.25. The quantitative estimate of drug-likeness (QED) is 0.0891. The lowest BCUT2D eigenvalue weighted by molar-refractivity contribution is -0.175. The van der Waals surface area contributed by atoms with E-state index in [-0.39, 0.29) is 24.4 Å². The van der Waals surface area contributed by atoms with Crippen LogP contribution in [0, 0.1) is 0 Å². The zero-order chi connectivity index (χ0) is 93.8. The van der Waals surface area contributed by atoms with Gasteiger partial charge in [0, 0.05) is 74.7 Å². The van der Waals surface area contributed by atoms with Crippen molar-refractivity contribution in [3.63, 3.8) is 0 Å². The van der Waals surface area contributed by atoms with Crippen LogP contribution >= 0.6 is 41.9 Å². The molecular formula is C111H116N5O14P5. The molecule has 17 aromatic rings. The second-order valence-corrected chi connectivity index (χ2v) is 43.7. The number of nitrogens with zero attached hydrogens (tertiary/aromatic N) is 5. The van der Waals surface area contributed by atoms with Gasteiger partial charge in [0.15, 0.2) is 39.7 Å². The molecule has 0 bridgehead atoms. The third kappa shape index (κ3) is 19.4. The highest BCUT2D eigenvalue weighted by atomic mass is 31.2. The van der Waals surface area contributed by atoms with Gasteiger partial charge in [0.1, 0.15) is 35.6 Å². The molecule has 1 unspecified atom stereocenters. The summed E-state index contributed by atoms with van der Waals surface area (Å²) in [6.45, 7) is 12.8. The second kappa shape index (κ2) is 41.4. The molecule has 2 aromatic heterocycles. The van der Waals surface area contributed by atoms with E-state index in [1.54, 1.807) is 14.2 Å². The molecule has 4 saturated heterocycles. The third-order valence-corrected chi connectivity index (χ3v) is 32.7. The Kier molecular flexibility index (Phi) is 29.1. The van der Waals surface area contributed by atoms with Crippen LogP contribution in [0.3, 0.4) is 0 Å². The van der Waals surface area contributed by atoms with Crippen molar-refractivity contribution in [2.24, 2.45) is 0 Å². The monoisotopic (exact) mass is 1900 g/mol. The normalized spacial score (nSPS) is 19.9. The van der Waals surface area contributed by atoms with E-state index < -0.39 is 71.1 Å². The average Bonchev–Trinajstić information content (AvgIpc) is 1.54. The predicted octanol–water partition coefficient (Wildman–Crippen LogP) is 29.6. The zero-order valence-corrected chi connectivity index (χ0v) is 83.5. The number of rotatable bonds is 15. The Morgan fingerprint density at radius 2 is 0.689 bits per heavy atom. The lowest BCUT2D eigenvalue weighted by atomic mass is 9.72. The van der Waals surface area contributed by atoms with Gasteiger partial charge in [0.2, 0.25) is 0 Å². The minimum Gasteiger partial charge on any atom is -0.493 e. The summed E-state index contributed by atoms with van der Waals surface area (Å²) < 4.78 is 101. The number of hydrogen-bond acceptors (Lipinski definition) is 19. The molecule has 135 heavy (non-hydrogen) atoms. The molecule has 694 valence electrons. The van der Waals surface area contributed by atoms with Gasteiger partial charge in [-0.25, -0.2) is 23.4 Å². The molecule has 0 N–H and O–H groups in total. The van der Waals surface area contributed by atoms with Crippen molar-refractivity contribution in [2.75, 3.05) is 79.9 Å². The molecule has 15 aromatic carbocycles. The molecule has 24 heteroatoms. The van der Waals surface area contributed by atoms with Crippen LogP contribution in [0.1, 0.15) is 111 Å². The minimum atomic E-state index is -1.61. The van der Waals surface area contributed by atoms with Crippen LogP contribution < -0.4 is 18.8 Å². The van der Waals surface area contributed by atoms with Crippen molar-refractivity contribution < 1.29 is 62.9 Å². The summed E-state index contributed by atoms with van der Waals surface area (Å²) in [6, 6.07) is 117. The lowest BCUT2D eigenvalue weighted by Gasteiger charge is -2.41. The zero-order valence-electron chi connectivity index (χ0n) is 79.1. The van der Waals surface area contributed by atoms with Gasteiger partial charge in [0.05, 0.1) is 26.4 Å². The maximum absolute atomic E-state index is 7.30. The number of methoxy groups -OCH3 is 2. The summed E-state index contributed by atoms with van der Waals surface area (Å²) in [7, 11) is 13.0. The largest absolute Gasteiger partial charge is 0.493 e. The SMILES string of the molecule is CC(C)N(C(C)C)P1O[C@@H]2Cc3ccccc3[C@@H]2O1.CN(C)P1OC(c2ccccc2)(c2ccccc2)[C@@H]2OC(C)(C)O[C@H]2C(c2ccccc2)(c2ccccc2)O1.CN(C)P1O[C@H](c2ccccc2)C[C@@H](c2ccccc2)O1.CN(C)p1oc2ccc3ccccc3c2c2c(ccc3ccccc32)o1.COc1cc2ccccc2c2c1op(N(C)C)oc1c(OC)cc3ccccc3c12. The maximum Gasteiger partial charge on any atom is 0.309 e. The summed E-state index contributed by atoms with van der Waals surface area (Å²) in [5.41, 5.74) is 10.2. The number of hydrogen-bond donors (Lipinski definition) is 0. The maximum atomic E-state index is 7.30. The molecule has 0 radical (unpaired) electrons. The fraction of sp³-hybridized carbons (Fsp3) is 0.261. The molecule has 22 rings (SSSR count). The van der Waals surface area contributed by atoms with Crippen LogP contribution in [0.25, 0.3) is 87.0 Å². The van der Waals surface area contributed by atoms with E-state index in [4.69, 9.17) is 62.9 Å². The highest BCUT2D eigenvalue weighted by molar-refractivity contribution is 7.45. The van der Waals surface area contributed by atoms with Gasteiger partial charge in [-0.1, -0.05) is 315 Å². The van der Waals surface area contributed by atoms with Crippen molar-refractivity contribution in [2.45, 2.75) is 120 Å². The average molecular weight is 1900 g/mol. The van der Waals surface area contributed by atoms with Crippen molar-refractivity contribution >= 4 is 129 Å². The van der Waals surface area contributed by atoms with Gasteiger partial charge >= 0.3 is 16.3 Å². The van der Waals surface area contributed by atoms with Crippen LogP contribution in [0.15, 0.2) is 357 Å². The summed E-state index contributed by atoms with van der Waals surface area (Å²) in [5, 5.41) is 13.2. The Hall–Kier alpha value is -10.5. The minimum absolute atomic E-state index is 0.0821. The fourth-order valence-electron chi connectivity index (χ4n) is 18.8. The Morgan fingerprint density at radius 1 is 0.341 bits per heavy atom. The third-order valence-electron chi connectivity index (χ3n) is 24.8. The molecule has 0 saturated carbocycles. The van der Waals surface area contributed by atoms with E-state index in [1.165, 1.54) is 43.8 Å². The van der Waals surface area contributed by atoms with E-state index in [9.17, 15) is 0 Å². The molecule has 4 fully saturated rings. The van der Waals surface area contributed by atoms with Crippen LogP contribution in [-0.4, -0.2) is 121 Å². The van der Waals surface area contributed by atoms with E-state index >= 15 is 0 Å². The summed E-state index contributed by atoms with van der Waals surface area (Å²) in [5.74, 6) is 0.479. The lowest BCUT2D eigenvalue weighted by Crippen LogP contribution is -2.53. The number of fused-ring (bicyclic) bond motifs is 18. The van der Waals surface area contributed by atoms with Gasteiger partial charge < -0.3 is 62.9 Å². The van der Waals surface area contributed by atoms with E-state index in [1.807, 2.05) is 210 Å². The highest BCUT2D eigenvalue weighted by Gasteiger charge is 2.67. The second-order valence-electron chi connectivity index (χ2n) is 35.8. The first-order valence-electron chi connectivity index (χ1n) is 45.8. The molecule has 6 heterocycles. The van der Waals surface area contributed by atoms with Gasteiger partial charge in [-0.05, 0) is 182 Å². The van der Waals surface area contributed by atoms with Gasteiger partial charge in [-0.15, -0.1) is 0 Å². The standard InChI is InChI=1S/C33H34NO4P.C24H22NO4P.C22H18NO2P.C17H20NO2P.C15H22NO2P/c1-31(2)35-29-30(36-31)33(27-21-13-7-14-22-27,28-23-15-8-16-24-28)38-39(34(3)4)37-32(29,25-17-9-5-10-18-25)26-19-11-6-12-20-26;1-25(2)30-28-23-19(26-3)13-15-9-5-7-11-17(15)21(23)22-18-12-8-6-10-16(18)14-20(27-4)24(22)29-30;1-23(2)26-24-19-13-11-15-7-3-5-9-17(15)21(19)22-18-10-6-4-8-16(18)12-14-20(22)25-26;1-18(2)21-19-16(14-9-5-3-6-10-14)13-17(20-21)15-11-7-4-8-12-15;1-10(2)16(11(3)4)19-17-14-9-12-7-5-6-8-13(12)15(14)18-19/h5-24,29-30H,1-4H3;5-14H,1-4H3;3-14H,1-2H3;3-12,16-17H,13H2,1-2H3;5-8,10-11,14-15H,9H2,1-4H3/t29-,30-;;;16-,17-;14-,15+,19?/m1..01/s1. The first-order valence-corrected chi connectivity index (χ1v) is 51.4. The van der Waals surface area contributed by atoms with Crippen molar-refractivity contribution in [3.05, 3.63) is 384 Å². The van der Waals surface area contributed by atoms with Gasteiger partial charge in [-0.3, -0.25) is 0 Å². The first-order chi connectivity index (χ1) is 65.5. The molecule has 1 aliphatic carbocycles. The number of ether oxygens (including phenoxy) is 4. The summed E-state index contributed by atoms with van der Waals surface area (Å²) >= 11 is 0. The van der Waals surface area contributed by atoms with Crippen molar-refractivity contribution in [1.82, 2.24) is 14.0 Å². The van der Waals surface area contributed by atoms with Crippen LogP contribution in [0.4, 0.5) is 0 Å². The van der Waals surface area contributed by atoms with Gasteiger partial charge in [0.25, 0.3) is 25.6 Å². The topological polar surface area (TPSA) is 161 Å². The molecule has 4 aliphatic heterocycles. The van der Waals surface area contributed by atoms with Crippen molar-refractivity contribution in [1.29, 1.82) is 0 Å². The molecule has 0 amide bonds. The van der Waals surface area contributed by atoms with Crippen LogP contribution in [0.2, 0.25) is 0 Å². The van der Waals surface area contributed by atoms with Crippen LogP contribution in [-0.2, 0) is 54.2 Å². The Labute approximate surface area is 796 Å². The first kappa shape index (κ1) is 94.8. The van der Waals surface area contributed by atoms with Crippen LogP contribution in [0.5, 0.6) is 11.5 Å². The Morgan fingerprint density at radius 3 is 1.07 bits per heavy atom. The smallest absolute Gasteiger partial charge is 0.309 e.